The van der Waals surface area contributed by atoms with Gasteiger partial charge in [0.15, 0.2) is 0 Å². The number of ether oxygens (including phenoxy) is 1. The summed E-state index contributed by atoms with van der Waals surface area (Å²) in [5.41, 5.74) is 2.58. The highest BCUT2D eigenvalue weighted by molar-refractivity contribution is 6.01. The molecule has 0 radical (unpaired) electrons. The van der Waals surface area contributed by atoms with E-state index in [9.17, 15) is 14.4 Å². The molecule has 1 atom stereocenters. The molecule has 140 valence electrons. The Morgan fingerprint density at radius 2 is 2.00 bits per heavy atom. The standard InChI is InChI=1S/C19H25N3O4/c1-19(2,3)26-18(25)22-9-8-12-10-14(5-4-13(12)11-22)20-15-6-7-16(23)21-17(15)24/h4-5,10,15,20H,6-9,11H2,1-3H3,(H,21,23,24). The third kappa shape index (κ3) is 4.33. The maximum Gasteiger partial charge on any atom is 0.410 e. The minimum atomic E-state index is -0.507. The quantitative estimate of drug-likeness (QED) is 0.791. The van der Waals surface area contributed by atoms with Crippen LogP contribution in [0, 0.1) is 0 Å². The van der Waals surface area contributed by atoms with E-state index in [4.69, 9.17) is 4.74 Å². The van der Waals surface area contributed by atoms with Gasteiger partial charge in [-0.15, -0.1) is 0 Å². The molecule has 1 unspecified atom stereocenters. The number of nitrogens with zero attached hydrogens (tertiary/aromatic N) is 1. The number of carbonyl (C=O) groups excluding carboxylic acids is 3. The molecule has 1 fully saturated rings. The largest absolute Gasteiger partial charge is 0.444 e. The van der Waals surface area contributed by atoms with Crippen molar-refractivity contribution in [3.63, 3.8) is 0 Å². The average molecular weight is 359 g/mol. The van der Waals surface area contributed by atoms with Crippen LogP contribution in [0.2, 0.25) is 0 Å². The van der Waals surface area contributed by atoms with Crippen LogP contribution in [-0.2, 0) is 27.3 Å². The van der Waals surface area contributed by atoms with Crippen LogP contribution in [0.5, 0.6) is 0 Å². The van der Waals surface area contributed by atoms with E-state index in [2.05, 4.69) is 10.6 Å². The Hall–Kier alpha value is -2.57. The number of rotatable bonds is 2. The first kappa shape index (κ1) is 18.2. The first-order valence-electron chi connectivity index (χ1n) is 8.91. The highest BCUT2D eigenvalue weighted by Crippen LogP contribution is 2.25. The molecule has 2 aliphatic heterocycles. The zero-order chi connectivity index (χ0) is 18.9. The topological polar surface area (TPSA) is 87.7 Å². The number of carbonyl (C=O) groups is 3. The van der Waals surface area contributed by atoms with Gasteiger partial charge in [0.05, 0.1) is 0 Å². The molecule has 2 aliphatic rings. The van der Waals surface area contributed by atoms with Crippen molar-refractivity contribution in [1.82, 2.24) is 10.2 Å². The van der Waals surface area contributed by atoms with Gasteiger partial charge in [0.25, 0.3) is 0 Å². The molecule has 1 aromatic rings. The third-order valence-corrected chi connectivity index (χ3v) is 4.45. The van der Waals surface area contributed by atoms with E-state index in [1.165, 1.54) is 0 Å². The van der Waals surface area contributed by atoms with Crippen molar-refractivity contribution < 1.29 is 19.1 Å². The third-order valence-electron chi connectivity index (χ3n) is 4.45. The molecule has 0 saturated carbocycles. The van der Waals surface area contributed by atoms with Crippen molar-refractivity contribution in [3.05, 3.63) is 29.3 Å². The SMILES string of the molecule is CC(C)(C)OC(=O)N1CCc2cc(NC3CCC(=O)NC3=O)ccc2C1. The Balaban J connectivity index is 1.64. The van der Waals surface area contributed by atoms with Gasteiger partial charge in [0.1, 0.15) is 11.6 Å². The van der Waals surface area contributed by atoms with Crippen LogP contribution in [-0.4, -0.2) is 41.0 Å². The molecule has 26 heavy (non-hydrogen) atoms. The van der Waals surface area contributed by atoms with Crippen LogP contribution in [0.25, 0.3) is 0 Å². The smallest absolute Gasteiger partial charge is 0.410 e. The highest BCUT2D eigenvalue weighted by atomic mass is 16.6. The predicted molar refractivity (Wildman–Crippen MR) is 96.6 cm³/mol. The predicted octanol–water partition coefficient (Wildman–Crippen LogP) is 2.20. The van der Waals surface area contributed by atoms with Crippen LogP contribution in [0.4, 0.5) is 10.5 Å². The minimum absolute atomic E-state index is 0.222. The Morgan fingerprint density at radius 1 is 1.23 bits per heavy atom. The Morgan fingerprint density at radius 3 is 2.69 bits per heavy atom. The average Bonchev–Trinajstić information content (AvgIpc) is 2.55. The highest BCUT2D eigenvalue weighted by Gasteiger charge is 2.28. The van der Waals surface area contributed by atoms with Gasteiger partial charge in [0.2, 0.25) is 11.8 Å². The summed E-state index contributed by atoms with van der Waals surface area (Å²) >= 11 is 0. The van der Waals surface area contributed by atoms with E-state index >= 15 is 0 Å². The first-order chi connectivity index (χ1) is 12.2. The van der Waals surface area contributed by atoms with Gasteiger partial charge < -0.3 is 15.0 Å². The summed E-state index contributed by atoms with van der Waals surface area (Å²) in [6.07, 6.45) is 1.28. The van der Waals surface area contributed by atoms with Crippen molar-refractivity contribution in [3.8, 4) is 0 Å². The summed E-state index contributed by atoms with van der Waals surface area (Å²) in [7, 11) is 0. The molecule has 3 amide bonds. The lowest BCUT2D eigenvalue weighted by Gasteiger charge is -2.31. The number of fused-ring (bicyclic) bond motifs is 1. The van der Waals surface area contributed by atoms with Crippen LogP contribution in [0.1, 0.15) is 44.7 Å². The van der Waals surface area contributed by atoms with E-state index < -0.39 is 11.6 Å². The fraction of sp³-hybridized carbons (Fsp3) is 0.526. The Labute approximate surface area is 153 Å². The molecule has 0 aromatic heterocycles. The lowest BCUT2D eigenvalue weighted by Crippen LogP contribution is -2.47. The van der Waals surface area contributed by atoms with Crippen molar-refractivity contribution in [2.75, 3.05) is 11.9 Å². The second-order valence-electron chi connectivity index (χ2n) is 7.78. The zero-order valence-corrected chi connectivity index (χ0v) is 15.4. The van der Waals surface area contributed by atoms with Crippen LogP contribution in [0.15, 0.2) is 18.2 Å². The lowest BCUT2D eigenvalue weighted by atomic mass is 9.98. The van der Waals surface area contributed by atoms with Gasteiger partial charge in [-0.05, 0) is 56.9 Å². The molecule has 0 bridgehead atoms. The summed E-state index contributed by atoms with van der Waals surface area (Å²) in [5, 5.41) is 5.55. The fourth-order valence-corrected chi connectivity index (χ4v) is 3.16. The number of piperidine rings is 1. The molecule has 1 saturated heterocycles. The summed E-state index contributed by atoms with van der Waals surface area (Å²) in [6.45, 7) is 6.69. The summed E-state index contributed by atoms with van der Waals surface area (Å²) < 4.78 is 5.44. The Kier molecular flexibility index (Phi) is 4.89. The van der Waals surface area contributed by atoms with Crippen molar-refractivity contribution in [2.45, 2.75) is 58.2 Å². The van der Waals surface area contributed by atoms with E-state index in [1.54, 1.807) is 4.90 Å². The van der Waals surface area contributed by atoms with E-state index in [-0.39, 0.29) is 17.9 Å². The van der Waals surface area contributed by atoms with Gasteiger partial charge in [-0.2, -0.15) is 0 Å². The van der Waals surface area contributed by atoms with E-state index in [0.717, 1.165) is 23.2 Å². The van der Waals surface area contributed by atoms with Gasteiger partial charge >= 0.3 is 6.09 Å². The van der Waals surface area contributed by atoms with Crippen LogP contribution >= 0.6 is 0 Å². The Bertz CT molecular complexity index is 739. The van der Waals surface area contributed by atoms with Crippen LogP contribution in [0.3, 0.4) is 0 Å². The normalized spacial score (nSPS) is 20.3. The summed E-state index contributed by atoms with van der Waals surface area (Å²) in [5.74, 6) is -0.504. The number of amides is 3. The molecule has 0 aliphatic carbocycles. The molecule has 7 heteroatoms. The number of hydrogen-bond acceptors (Lipinski definition) is 5. The van der Waals surface area contributed by atoms with Gasteiger partial charge in [-0.3, -0.25) is 14.9 Å². The molecule has 7 nitrogen and oxygen atoms in total. The fourth-order valence-electron chi connectivity index (χ4n) is 3.16. The second kappa shape index (κ2) is 6.97. The molecular weight excluding hydrogens is 334 g/mol. The van der Waals surface area contributed by atoms with Gasteiger partial charge in [0, 0.05) is 25.2 Å². The molecule has 1 aromatic carbocycles. The van der Waals surface area contributed by atoms with E-state index in [0.29, 0.717) is 25.9 Å². The van der Waals surface area contributed by atoms with Crippen molar-refractivity contribution in [1.29, 1.82) is 0 Å². The van der Waals surface area contributed by atoms with Gasteiger partial charge in [-0.1, -0.05) is 6.07 Å². The molecule has 2 N–H and O–H groups in total. The second-order valence-corrected chi connectivity index (χ2v) is 7.78. The maximum absolute atomic E-state index is 12.2. The number of hydrogen-bond donors (Lipinski definition) is 2. The lowest BCUT2D eigenvalue weighted by molar-refractivity contribution is -0.133. The first-order valence-corrected chi connectivity index (χ1v) is 8.91. The number of imide groups is 1. The van der Waals surface area contributed by atoms with Crippen molar-refractivity contribution >= 4 is 23.6 Å². The number of nitrogens with one attached hydrogen (secondary N) is 2. The summed E-state index contributed by atoms with van der Waals surface area (Å²) in [6, 6.07) is 5.50. The van der Waals surface area contributed by atoms with Crippen LogP contribution < -0.4 is 10.6 Å². The molecular formula is C19H25N3O4. The van der Waals surface area contributed by atoms with E-state index in [1.807, 2.05) is 39.0 Å². The zero-order valence-electron chi connectivity index (χ0n) is 15.4. The molecule has 2 heterocycles. The maximum atomic E-state index is 12.2. The van der Waals surface area contributed by atoms with Crippen molar-refractivity contribution in [2.24, 2.45) is 0 Å². The minimum Gasteiger partial charge on any atom is -0.444 e. The monoisotopic (exact) mass is 359 g/mol. The van der Waals surface area contributed by atoms with Gasteiger partial charge in [-0.25, -0.2) is 4.79 Å². The molecule has 0 spiro atoms. The number of anilines is 1. The molecule has 3 rings (SSSR count). The summed E-state index contributed by atoms with van der Waals surface area (Å²) in [4.78, 5) is 37.1. The number of benzene rings is 1.